The van der Waals surface area contributed by atoms with E-state index in [1.165, 1.54) is 16.7 Å². The van der Waals surface area contributed by atoms with Crippen LogP contribution in [-0.2, 0) is 19.5 Å². The minimum Gasteiger partial charge on any atom is -0.226 e. The highest BCUT2D eigenvalue weighted by Gasteiger charge is 2.26. The fraction of sp³-hybridized carbons (Fsp3) is 0.250. The van der Waals surface area contributed by atoms with E-state index in [4.69, 9.17) is 34.8 Å². The van der Waals surface area contributed by atoms with Gasteiger partial charge in [-0.25, -0.2) is 10.0 Å². The van der Waals surface area contributed by atoms with Crippen LogP contribution in [0.2, 0.25) is 15.1 Å². The molecule has 0 radical (unpaired) electrons. The van der Waals surface area contributed by atoms with Crippen molar-refractivity contribution < 1.29 is 0 Å². The molecule has 3 nitrogen and oxygen atoms in total. The van der Waals surface area contributed by atoms with Crippen LogP contribution in [0.4, 0.5) is 0 Å². The molecule has 1 saturated heterocycles. The average Bonchev–Trinajstić information content (AvgIpc) is 2.68. The molecule has 0 aliphatic carbocycles. The van der Waals surface area contributed by atoms with Gasteiger partial charge in [0.15, 0.2) is 0 Å². The second kappa shape index (κ2) is 10.1. The number of hydrogen-bond donors (Lipinski definition) is 1. The normalized spacial score (nSPS) is 16.1. The third-order valence-corrected chi connectivity index (χ3v) is 5.88. The van der Waals surface area contributed by atoms with Gasteiger partial charge in [0, 0.05) is 41.2 Å². The third kappa shape index (κ3) is 6.21. The van der Waals surface area contributed by atoms with Crippen molar-refractivity contribution in [3.63, 3.8) is 0 Å². The van der Waals surface area contributed by atoms with E-state index < -0.39 is 0 Å². The van der Waals surface area contributed by atoms with Gasteiger partial charge in [0.05, 0.1) is 0 Å². The SMILES string of the molecule is Clc1cccc(CC2CN(Cc3cccc(Cl)c3)NN(Cc3cccc(Cl)c3)C2)c1. The van der Waals surface area contributed by atoms with Crippen LogP contribution in [0.25, 0.3) is 0 Å². The fourth-order valence-corrected chi connectivity index (χ4v) is 4.64. The van der Waals surface area contributed by atoms with Crippen molar-refractivity contribution in [3.05, 3.63) is 105 Å². The maximum atomic E-state index is 6.21. The Hall–Kier alpha value is -1.59. The predicted molar refractivity (Wildman–Crippen MR) is 126 cm³/mol. The first-order valence-electron chi connectivity index (χ1n) is 10.0. The molecule has 6 heteroatoms. The van der Waals surface area contributed by atoms with Gasteiger partial charge in [-0.05, 0) is 65.4 Å². The van der Waals surface area contributed by atoms with Gasteiger partial charge in [-0.2, -0.15) is 5.53 Å². The van der Waals surface area contributed by atoms with Crippen LogP contribution in [0.3, 0.4) is 0 Å². The molecule has 0 spiro atoms. The maximum absolute atomic E-state index is 6.21. The van der Waals surface area contributed by atoms with Crippen LogP contribution in [-0.4, -0.2) is 23.1 Å². The zero-order valence-corrected chi connectivity index (χ0v) is 18.8. The van der Waals surface area contributed by atoms with Crippen molar-refractivity contribution >= 4 is 34.8 Å². The van der Waals surface area contributed by atoms with Crippen molar-refractivity contribution in [1.29, 1.82) is 0 Å². The largest absolute Gasteiger partial charge is 0.226 e. The number of halogens is 3. The molecule has 30 heavy (non-hydrogen) atoms. The van der Waals surface area contributed by atoms with E-state index in [1.54, 1.807) is 0 Å². The molecule has 1 N–H and O–H groups in total. The summed E-state index contributed by atoms with van der Waals surface area (Å²) >= 11 is 18.6. The van der Waals surface area contributed by atoms with Crippen LogP contribution in [0.5, 0.6) is 0 Å². The van der Waals surface area contributed by atoms with Gasteiger partial charge in [-0.15, -0.1) is 0 Å². The summed E-state index contributed by atoms with van der Waals surface area (Å²) in [6.45, 7) is 3.42. The van der Waals surface area contributed by atoms with Crippen molar-refractivity contribution in [2.24, 2.45) is 5.92 Å². The van der Waals surface area contributed by atoms with Crippen LogP contribution < -0.4 is 5.53 Å². The third-order valence-electron chi connectivity index (χ3n) is 5.18. The second-order valence-electron chi connectivity index (χ2n) is 7.82. The van der Waals surface area contributed by atoms with Crippen LogP contribution in [0.1, 0.15) is 16.7 Å². The van der Waals surface area contributed by atoms with Crippen LogP contribution >= 0.6 is 34.8 Å². The van der Waals surface area contributed by atoms with Crippen molar-refractivity contribution in [2.45, 2.75) is 19.5 Å². The molecule has 0 amide bonds. The molecule has 3 aromatic rings. The summed E-state index contributed by atoms with van der Waals surface area (Å²) in [5, 5.41) is 6.82. The number of hydrazine groups is 2. The van der Waals surface area contributed by atoms with Crippen molar-refractivity contribution in [3.8, 4) is 0 Å². The first-order chi connectivity index (χ1) is 14.5. The molecule has 1 fully saturated rings. The highest BCUT2D eigenvalue weighted by molar-refractivity contribution is 6.31. The van der Waals surface area contributed by atoms with Crippen LogP contribution in [0.15, 0.2) is 72.8 Å². The Morgan fingerprint density at radius 2 is 1.10 bits per heavy atom. The van der Waals surface area contributed by atoms with Gasteiger partial charge in [0.2, 0.25) is 0 Å². The molecule has 156 valence electrons. The molecule has 0 saturated carbocycles. The molecule has 0 aromatic heterocycles. The molecule has 1 aliphatic rings. The molecular weight excluding hydrogens is 437 g/mol. The summed E-state index contributed by atoms with van der Waals surface area (Å²) in [7, 11) is 0. The van der Waals surface area contributed by atoms with Crippen molar-refractivity contribution in [1.82, 2.24) is 15.6 Å². The number of nitrogens with zero attached hydrogens (tertiary/aromatic N) is 2. The van der Waals surface area contributed by atoms with E-state index in [0.29, 0.717) is 5.92 Å². The predicted octanol–water partition coefficient (Wildman–Crippen LogP) is 6.24. The Balaban J connectivity index is 1.50. The van der Waals surface area contributed by atoms with E-state index in [2.05, 4.69) is 39.8 Å². The lowest BCUT2D eigenvalue weighted by molar-refractivity contribution is -0.0540. The zero-order valence-electron chi connectivity index (χ0n) is 16.6. The lowest BCUT2D eigenvalue weighted by atomic mass is 9.97. The molecule has 3 aromatic carbocycles. The van der Waals surface area contributed by atoms with Gasteiger partial charge in [-0.1, -0.05) is 71.2 Å². The first-order valence-corrected chi connectivity index (χ1v) is 11.2. The Kier molecular flexibility index (Phi) is 7.32. The van der Waals surface area contributed by atoms with E-state index in [0.717, 1.165) is 47.7 Å². The smallest absolute Gasteiger partial charge is 0.0409 e. The molecule has 0 atom stereocenters. The lowest BCUT2D eigenvalue weighted by Crippen LogP contribution is -2.58. The maximum Gasteiger partial charge on any atom is 0.0409 e. The van der Waals surface area contributed by atoms with Gasteiger partial charge in [0.25, 0.3) is 0 Å². The van der Waals surface area contributed by atoms with Gasteiger partial charge in [0.1, 0.15) is 0 Å². The van der Waals surface area contributed by atoms with E-state index in [9.17, 15) is 0 Å². The monoisotopic (exact) mass is 459 g/mol. The Labute approximate surface area is 193 Å². The summed E-state index contributed by atoms with van der Waals surface area (Å²) in [5.74, 6) is 0.461. The molecular formula is C24H24Cl3N3. The summed E-state index contributed by atoms with van der Waals surface area (Å²) in [6.07, 6.45) is 0.973. The first kappa shape index (κ1) is 21.6. The Morgan fingerprint density at radius 3 is 1.57 bits per heavy atom. The Bertz CT molecular complexity index is 861. The fourth-order valence-electron chi connectivity index (χ4n) is 4.00. The second-order valence-corrected chi connectivity index (χ2v) is 9.13. The quantitative estimate of drug-likeness (QED) is 0.469. The van der Waals surface area contributed by atoms with E-state index in [1.807, 2.05) is 48.5 Å². The minimum atomic E-state index is 0.461. The van der Waals surface area contributed by atoms with E-state index >= 15 is 0 Å². The zero-order chi connectivity index (χ0) is 20.9. The van der Waals surface area contributed by atoms with E-state index in [-0.39, 0.29) is 0 Å². The lowest BCUT2D eigenvalue weighted by Gasteiger charge is -2.41. The molecule has 1 heterocycles. The Morgan fingerprint density at radius 1 is 0.667 bits per heavy atom. The summed E-state index contributed by atoms with van der Waals surface area (Å²) < 4.78 is 0. The van der Waals surface area contributed by atoms with Gasteiger partial charge in [-0.3, -0.25) is 0 Å². The number of hydrogen-bond acceptors (Lipinski definition) is 3. The topological polar surface area (TPSA) is 18.5 Å². The number of benzene rings is 3. The number of rotatable bonds is 6. The van der Waals surface area contributed by atoms with Crippen LogP contribution in [0, 0.1) is 5.92 Å². The number of nitrogens with one attached hydrogen (secondary N) is 1. The van der Waals surface area contributed by atoms with Gasteiger partial charge < -0.3 is 0 Å². The molecule has 4 rings (SSSR count). The van der Waals surface area contributed by atoms with Gasteiger partial charge >= 0.3 is 0 Å². The average molecular weight is 461 g/mol. The molecule has 1 aliphatic heterocycles. The molecule has 0 unspecified atom stereocenters. The van der Waals surface area contributed by atoms with Crippen molar-refractivity contribution in [2.75, 3.05) is 13.1 Å². The highest BCUT2D eigenvalue weighted by atomic mass is 35.5. The minimum absolute atomic E-state index is 0.461. The summed E-state index contributed by atoms with van der Waals surface area (Å²) in [4.78, 5) is 0. The highest BCUT2D eigenvalue weighted by Crippen LogP contribution is 2.21. The summed E-state index contributed by atoms with van der Waals surface area (Å²) in [6, 6.07) is 24.2. The standard InChI is InChI=1S/C24H24Cl3N3/c25-22-7-1-4-18(11-22)10-21-16-29(14-19-5-2-8-23(26)12-19)28-30(17-21)15-20-6-3-9-24(27)13-20/h1-9,11-13,21,28H,10,14-17H2. The summed E-state index contributed by atoms with van der Waals surface area (Å²) in [5.41, 5.74) is 7.20. The molecule has 0 bridgehead atoms.